The van der Waals surface area contributed by atoms with Crippen molar-refractivity contribution in [3.63, 3.8) is 0 Å². The standard InChI is InChI=1S/C28H27Cl2N5/c1-34(2)15-7-14-31-27-22-10-6-11-23(30)26(22)32-28(33-27)25-16-20-12-13-21(29)17-24(20)35(25)18-19-8-4-3-5-9-19/h3-6,8-13,16-17H,7,14-15,18H2,1-2H3,(H,31,32,33). The number of fused-ring (bicyclic) bond motifs is 2. The molecule has 2 heterocycles. The average molecular weight is 504 g/mol. The molecule has 178 valence electrons. The van der Waals surface area contributed by atoms with E-state index in [2.05, 4.69) is 59.2 Å². The third-order valence-corrected chi connectivity index (χ3v) is 6.57. The minimum Gasteiger partial charge on any atom is -0.369 e. The quantitative estimate of drug-likeness (QED) is 0.232. The van der Waals surface area contributed by atoms with Crippen LogP contribution in [0.4, 0.5) is 5.82 Å². The van der Waals surface area contributed by atoms with Crippen molar-refractivity contribution < 1.29 is 0 Å². The van der Waals surface area contributed by atoms with E-state index in [-0.39, 0.29) is 0 Å². The van der Waals surface area contributed by atoms with Crippen molar-refractivity contribution in [1.82, 2.24) is 19.4 Å². The fourth-order valence-corrected chi connectivity index (χ4v) is 4.70. The molecule has 5 rings (SSSR count). The Morgan fingerprint density at radius 3 is 2.54 bits per heavy atom. The van der Waals surface area contributed by atoms with Crippen LogP contribution in [0.2, 0.25) is 10.0 Å². The Labute approximate surface area is 215 Å². The molecular weight excluding hydrogens is 477 g/mol. The number of para-hydroxylation sites is 1. The fourth-order valence-electron chi connectivity index (χ4n) is 4.32. The summed E-state index contributed by atoms with van der Waals surface area (Å²) >= 11 is 13.0. The molecular formula is C28H27Cl2N5. The highest BCUT2D eigenvalue weighted by Crippen LogP contribution is 2.33. The lowest BCUT2D eigenvalue weighted by Crippen LogP contribution is -2.17. The van der Waals surface area contributed by atoms with Gasteiger partial charge in [0.1, 0.15) is 5.82 Å². The van der Waals surface area contributed by atoms with Crippen LogP contribution in [-0.2, 0) is 6.54 Å². The predicted molar refractivity (Wildman–Crippen MR) is 148 cm³/mol. The summed E-state index contributed by atoms with van der Waals surface area (Å²) in [6.07, 6.45) is 1.00. The first-order valence-corrected chi connectivity index (χ1v) is 12.4. The number of rotatable bonds is 8. The lowest BCUT2D eigenvalue weighted by Gasteiger charge is -2.15. The molecule has 0 saturated carbocycles. The Morgan fingerprint density at radius 1 is 0.914 bits per heavy atom. The van der Waals surface area contributed by atoms with Crippen LogP contribution in [0.3, 0.4) is 0 Å². The van der Waals surface area contributed by atoms with Gasteiger partial charge >= 0.3 is 0 Å². The Balaban J connectivity index is 1.65. The molecule has 0 aliphatic rings. The summed E-state index contributed by atoms with van der Waals surface area (Å²) < 4.78 is 2.23. The van der Waals surface area contributed by atoms with Gasteiger partial charge in [0.05, 0.1) is 21.7 Å². The van der Waals surface area contributed by atoms with Gasteiger partial charge in [-0.1, -0.05) is 65.7 Å². The summed E-state index contributed by atoms with van der Waals surface area (Å²) in [4.78, 5) is 12.1. The molecule has 0 bridgehead atoms. The van der Waals surface area contributed by atoms with Crippen LogP contribution < -0.4 is 5.32 Å². The van der Waals surface area contributed by atoms with Gasteiger partial charge < -0.3 is 14.8 Å². The Bertz CT molecular complexity index is 1480. The zero-order chi connectivity index (χ0) is 24.4. The van der Waals surface area contributed by atoms with Crippen LogP contribution in [-0.4, -0.2) is 46.6 Å². The molecule has 0 saturated heterocycles. The molecule has 0 aliphatic carbocycles. The highest BCUT2D eigenvalue weighted by molar-refractivity contribution is 6.35. The SMILES string of the molecule is CN(C)CCCNc1nc(-c2cc3ccc(Cl)cc3n2Cc2ccccc2)nc2c(Cl)cccc12. The monoisotopic (exact) mass is 503 g/mol. The van der Waals surface area contributed by atoms with E-state index in [4.69, 9.17) is 33.2 Å². The first-order chi connectivity index (χ1) is 17.0. The smallest absolute Gasteiger partial charge is 0.178 e. The van der Waals surface area contributed by atoms with Gasteiger partial charge in [-0.3, -0.25) is 0 Å². The number of anilines is 1. The maximum Gasteiger partial charge on any atom is 0.178 e. The zero-order valence-electron chi connectivity index (χ0n) is 19.8. The summed E-state index contributed by atoms with van der Waals surface area (Å²) in [6.45, 7) is 2.48. The summed E-state index contributed by atoms with van der Waals surface area (Å²) in [5, 5.41) is 6.83. The van der Waals surface area contributed by atoms with E-state index >= 15 is 0 Å². The van der Waals surface area contributed by atoms with Crippen molar-refractivity contribution in [2.24, 2.45) is 0 Å². The second-order valence-electron chi connectivity index (χ2n) is 8.92. The van der Waals surface area contributed by atoms with Gasteiger partial charge in [0, 0.05) is 28.9 Å². The number of halogens is 2. The number of aromatic nitrogens is 3. The lowest BCUT2D eigenvalue weighted by molar-refractivity contribution is 0.405. The van der Waals surface area contributed by atoms with Crippen molar-refractivity contribution in [1.29, 1.82) is 0 Å². The second kappa shape index (κ2) is 10.2. The molecule has 0 spiro atoms. The molecule has 35 heavy (non-hydrogen) atoms. The number of benzene rings is 3. The average Bonchev–Trinajstić information content (AvgIpc) is 3.20. The van der Waals surface area contributed by atoms with Gasteiger partial charge in [0.15, 0.2) is 5.82 Å². The van der Waals surface area contributed by atoms with E-state index in [1.165, 1.54) is 5.56 Å². The van der Waals surface area contributed by atoms with E-state index in [0.717, 1.165) is 52.8 Å². The minimum absolute atomic E-state index is 0.608. The minimum atomic E-state index is 0.608. The maximum atomic E-state index is 6.61. The third kappa shape index (κ3) is 5.13. The van der Waals surface area contributed by atoms with E-state index in [0.29, 0.717) is 22.4 Å². The number of hydrogen-bond acceptors (Lipinski definition) is 4. The van der Waals surface area contributed by atoms with Crippen LogP contribution in [0.5, 0.6) is 0 Å². The van der Waals surface area contributed by atoms with E-state index in [9.17, 15) is 0 Å². The molecule has 2 aromatic heterocycles. The van der Waals surface area contributed by atoms with Crippen LogP contribution in [0, 0.1) is 0 Å². The van der Waals surface area contributed by atoms with Crippen LogP contribution >= 0.6 is 23.2 Å². The highest BCUT2D eigenvalue weighted by Gasteiger charge is 2.17. The van der Waals surface area contributed by atoms with Gasteiger partial charge in [-0.05, 0) is 63.0 Å². The second-order valence-corrected chi connectivity index (χ2v) is 9.76. The normalized spacial score (nSPS) is 11.6. The van der Waals surface area contributed by atoms with Crippen molar-refractivity contribution in [2.75, 3.05) is 32.5 Å². The van der Waals surface area contributed by atoms with Crippen molar-refractivity contribution in [3.05, 3.63) is 88.4 Å². The van der Waals surface area contributed by atoms with Crippen LogP contribution in [0.15, 0.2) is 72.8 Å². The third-order valence-electron chi connectivity index (χ3n) is 6.03. The molecule has 3 aromatic carbocycles. The van der Waals surface area contributed by atoms with Crippen molar-refractivity contribution in [2.45, 2.75) is 13.0 Å². The fraction of sp³-hybridized carbons (Fsp3) is 0.214. The lowest BCUT2D eigenvalue weighted by atomic mass is 10.2. The topological polar surface area (TPSA) is 46.0 Å². The van der Waals surface area contributed by atoms with Gasteiger partial charge in [0.25, 0.3) is 0 Å². The number of nitrogens with zero attached hydrogens (tertiary/aromatic N) is 4. The van der Waals surface area contributed by atoms with Crippen molar-refractivity contribution in [3.8, 4) is 11.5 Å². The number of nitrogens with one attached hydrogen (secondary N) is 1. The molecule has 1 N–H and O–H groups in total. The summed E-state index contributed by atoms with van der Waals surface area (Å²) in [5.41, 5.74) is 3.89. The van der Waals surface area contributed by atoms with Crippen LogP contribution in [0.25, 0.3) is 33.3 Å². The Kier molecular flexibility index (Phi) is 6.91. The molecule has 0 amide bonds. The maximum absolute atomic E-state index is 6.61. The molecule has 5 aromatic rings. The molecule has 0 aliphatic heterocycles. The molecule has 0 fully saturated rings. The molecule has 5 nitrogen and oxygen atoms in total. The van der Waals surface area contributed by atoms with Gasteiger partial charge in [0.2, 0.25) is 0 Å². The number of hydrogen-bond donors (Lipinski definition) is 1. The van der Waals surface area contributed by atoms with Crippen LogP contribution in [0.1, 0.15) is 12.0 Å². The van der Waals surface area contributed by atoms with Gasteiger partial charge in [-0.2, -0.15) is 0 Å². The van der Waals surface area contributed by atoms with E-state index in [1.54, 1.807) is 0 Å². The summed E-state index contributed by atoms with van der Waals surface area (Å²) in [5.74, 6) is 1.42. The first-order valence-electron chi connectivity index (χ1n) is 11.7. The Morgan fingerprint density at radius 2 is 1.74 bits per heavy atom. The molecule has 0 radical (unpaired) electrons. The van der Waals surface area contributed by atoms with Crippen molar-refractivity contribution >= 4 is 50.8 Å². The van der Waals surface area contributed by atoms with E-state index < -0.39 is 0 Å². The molecule has 7 heteroatoms. The van der Waals surface area contributed by atoms with Gasteiger partial charge in [-0.25, -0.2) is 9.97 Å². The Hall–Kier alpha value is -3.12. The summed E-state index contributed by atoms with van der Waals surface area (Å²) in [7, 11) is 4.16. The zero-order valence-corrected chi connectivity index (χ0v) is 21.3. The highest BCUT2D eigenvalue weighted by atomic mass is 35.5. The van der Waals surface area contributed by atoms with E-state index in [1.807, 2.05) is 42.5 Å². The first kappa shape index (κ1) is 23.6. The predicted octanol–water partition coefficient (Wildman–Crippen LogP) is 6.97. The molecule has 0 unspecified atom stereocenters. The van der Waals surface area contributed by atoms with Gasteiger partial charge in [-0.15, -0.1) is 0 Å². The molecule has 0 atom stereocenters. The largest absolute Gasteiger partial charge is 0.369 e. The summed E-state index contributed by atoms with van der Waals surface area (Å²) in [6, 6.07) is 24.3.